The second-order valence-electron chi connectivity index (χ2n) is 20.3. The molecule has 0 fully saturated rings. The SMILES string of the molecule is c1ccc(C2(c3ccccc3)c3ccccc3-c3ccc(-c4ccc(N(c5ccc(-c6ccc(-c7cccc8ccccc78)cc6)cc5)c5ccc(-c6cccc7ccccc67)c6sc7ccccc7c56)cc4)cc32)cc1. The van der Waals surface area contributed by atoms with Crippen LogP contribution in [-0.2, 0) is 5.41 Å². The maximum absolute atomic E-state index is 2.47. The normalized spacial score (nSPS) is 12.5. The zero-order chi connectivity index (χ0) is 50.9. The van der Waals surface area contributed by atoms with E-state index in [4.69, 9.17) is 0 Å². The molecule has 15 rings (SSSR count). The van der Waals surface area contributed by atoms with Gasteiger partial charge in [-0.15, -0.1) is 11.3 Å². The third kappa shape index (κ3) is 7.29. The molecule has 1 aliphatic rings. The van der Waals surface area contributed by atoms with Crippen molar-refractivity contribution in [2.24, 2.45) is 0 Å². The molecule has 0 bridgehead atoms. The Bertz CT molecular complexity index is 4480. The van der Waals surface area contributed by atoms with E-state index >= 15 is 0 Å². The number of benzene rings is 13. The lowest BCUT2D eigenvalue weighted by atomic mass is 9.67. The highest BCUT2D eigenvalue weighted by molar-refractivity contribution is 7.26. The molecule has 13 aromatic carbocycles. The Morgan fingerprint density at radius 1 is 0.286 bits per heavy atom. The highest BCUT2D eigenvalue weighted by Gasteiger charge is 2.46. The Labute approximate surface area is 452 Å². The lowest BCUT2D eigenvalue weighted by molar-refractivity contribution is 0.769. The van der Waals surface area contributed by atoms with Gasteiger partial charge in [0.1, 0.15) is 0 Å². The molecule has 0 atom stereocenters. The van der Waals surface area contributed by atoms with Crippen molar-refractivity contribution < 1.29 is 0 Å². The molecule has 1 aliphatic carbocycles. The zero-order valence-electron chi connectivity index (χ0n) is 42.1. The van der Waals surface area contributed by atoms with Gasteiger partial charge in [0, 0.05) is 37.1 Å². The summed E-state index contributed by atoms with van der Waals surface area (Å²) >= 11 is 1.89. The van der Waals surface area contributed by atoms with Crippen molar-refractivity contribution in [3.8, 4) is 55.6 Å². The molecule has 0 N–H and O–H groups in total. The van der Waals surface area contributed by atoms with Gasteiger partial charge in [0.25, 0.3) is 0 Å². The van der Waals surface area contributed by atoms with Crippen molar-refractivity contribution >= 4 is 70.1 Å². The van der Waals surface area contributed by atoms with Gasteiger partial charge < -0.3 is 4.90 Å². The van der Waals surface area contributed by atoms with Gasteiger partial charge >= 0.3 is 0 Å². The van der Waals surface area contributed by atoms with Gasteiger partial charge in [0.2, 0.25) is 0 Å². The van der Waals surface area contributed by atoms with E-state index in [1.807, 2.05) is 11.3 Å². The van der Waals surface area contributed by atoms with Crippen LogP contribution < -0.4 is 4.90 Å². The molecule has 0 saturated carbocycles. The highest BCUT2D eigenvalue weighted by Crippen LogP contribution is 2.57. The number of anilines is 3. The fourth-order valence-electron chi connectivity index (χ4n) is 12.6. The van der Waals surface area contributed by atoms with Crippen LogP contribution in [0.4, 0.5) is 17.1 Å². The number of thiophene rings is 1. The molecule has 1 nitrogen and oxygen atoms in total. The predicted octanol–water partition coefficient (Wildman–Crippen LogP) is 20.9. The van der Waals surface area contributed by atoms with Crippen LogP contribution in [0.15, 0.2) is 297 Å². The summed E-state index contributed by atoms with van der Waals surface area (Å²) in [6, 6.07) is 110. The minimum Gasteiger partial charge on any atom is -0.310 e. The van der Waals surface area contributed by atoms with Crippen molar-refractivity contribution in [1.29, 1.82) is 0 Å². The zero-order valence-corrected chi connectivity index (χ0v) is 43.0. The number of hydrogen-bond acceptors (Lipinski definition) is 2. The van der Waals surface area contributed by atoms with E-state index in [1.54, 1.807) is 0 Å². The first-order chi connectivity index (χ1) is 38.2. The Morgan fingerprint density at radius 3 is 1.40 bits per heavy atom. The summed E-state index contributed by atoms with van der Waals surface area (Å²) in [4.78, 5) is 2.47. The van der Waals surface area contributed by atoms with Crippen molar-refractivity contribution in [3.63, 3.8) is 0 Å². The third-order valence-electron chi connectivity index (χ3n) is 16.2. The van der Waals surface area contributed by atoms with Crippen LogP contribution in [0.2, 0.25) is 0 Å². The maximum Gasteiger partial charge on any atom is 0.0713 e. The molecule has 360 valence electrons. The molecule has 0 amide bonds. The number of rotatable bonds is 9. The molecule has 1 heterocycles. The average molecular weight is 996 g/mol. The summed E-state index contributed by atoms with van der Waals surface area (Å²) in [6.45, 7) is 0. The van der Waals surface area contributed by atoms with Gasteiger partial charge in [0.15, 0.2) is 0 Å². The van der Waals surface area contributed by atoms with Crippen LogP contribution in [-0.4, -0.2) is 0 Å². The fourth-order valence-corrected chi connectivity index (χ4v) is 13.9. The van der Waals surface area contributed by atoms with Gasteiger partial charge in [-0.3, -0.25) is 0 Å². The Hall–Kier alpha value is -9.60. The summed E-state index contributed by atoms with van der Waals surface area (Å²) in [6.07, 6.45) is 0. The quantitative estimate of drug-likeness (QED) is 0.139. The topological polar surface area (TPSA) is 3.24 Å². The molecular weight excluding hydrogens is 947 g/mol. The summed E-state index contributed by atoms with van der Waals surface area (Å²) in [5.74, 6) is 0. The number of hydrogen-bond donors (Lipinski definition) is 0. The average Bonchev–Trinajstić information content (AvgIpc) is 4.10. The molecule has 0 unspecified atom stereocenters. The van der Waals surface area contributed by atoms with Crippen LogP contribution in [0, 0.1) is 0 Å². The lowest BCUT2D eigenvalue weighted by Crippen LogP contribution is -2.28. The summed E-state index contributed by atoms with van der Waals surface area (Å²) < 4.78 is 2.55. The molecule has 77 heavy (non-hydrogen) atoms. The molecule has 0 aliphatic heterocycles. The Morgan fingerprint density at radius 2 is 0.740 bits per heavy atom. The number of fused-ring (bicyclic) bond motifs is 8. The Kier molecular flexibility index (Phi) is 10.7. The van der Waals surface area contributed by atoms with Crippen molar-refractivity contribution in [2.45, 2.75) is 5.41 Å². The summed E-state index contributed by atoms with van der Waals surface area (Å²) in [7, 11) is 0. The van der Waals surface area contributed by atoms with Crippen molar-refractivity contribution in [1.82, 2.24) is 0 Å². The molecule has 0 saturated heterocycles. The van der Waals surface area contributed by atoms with Crippen LogP contribution in [0.3, 0.4) is 0 Å². The lowest BCUT2D eigenvalue weighted by Gasteiger charge is -2.34. The smallest absolute Gasteiger partial charge is 0.0713 e. The van der Waals surface area contributed by atoms with E-state index in [2.05, 4.69) is 302 Å². The van der Waals surface area contributed by atoms with Gasteiger partial charge in [-0.2, -0.15) is 0 Å². The minimum atomic E-state index is -0.473. The second-order valence-corrected chi connectivity index (χ2v) is 21.3. The largest absolute Gasteiger partial charge is 0.310 e. The van der Waals surface area contributed by atoms with E-state index in [0.717, 1.165) is 17.1 Å². The first-order valence-electron chi connectivity index (χ1n) is 26.6. The molecule has 14 aromatic rings. The van der Waals surface area contributed by atoms with Crippen LogP contribution in [0.5, 0.6) is 0 Å². The van der Waals surface area contributed by atoms with Crippen LogP contribution >= 0.6 is 11.3 Å². The van der Waals surface area contributed by atoms with Crippen molar-refractivity contribution in [3.05, 3.63) is 320 Å². The van der Waals surface area contributed by atoms with Crippen LogP contribution in [0.1, 0.15) is 22.3 Å². The molecule has 0 radical (unpaired) electrons. The first kappa shape index (κ1) is 44.8. The van der Waals surface area contributed by atoms with Crippen molar-refractivity contribution in [2.75, 3.05) is 4.90 Å². The van der Waals surface area contributed by atoms with E-state index < -0.39 is 5.41 Å². The van der Waals surface area contributed by atoms with E-state index in [9.17, 15) is 0 Å². The molecular formula is C75H49NS. The van der Waals surface area contributed by atoms with E-state index in [0.29, 0.717) is 0 Å². The number of nitrogens with zero attached hydrogens (tertiary/aromatic N) is 1. The summed E-state index contributed by atoms with van der Waals surface area (Å²) in [5.41, 5.74) is 20.3. The minimum absolute atomic E-state index is 0.473. The van der Waals surface area contributed by atoms with E-state index in [-0.39, 0.29) is 0 Å². The van der Waals surface area contributed by atoms with Gasteiger partial charge in [-0.1, -0.05) is 255 Å². The van der Waals surface area contributed by atoms with Gasteiger partial charge in [-0.25, -0.2) is 0 Å². The highest BCUT2D eigenvalue weighted by atomic mass is 32.1. The molecule has 2 heteroatoms. The molecule has 1 aromatic heterocycles. The maximum atomic E-state index is 2.47. The van der Waals surface area contributed by atoms with Gasteiger partial charge in [-0.05, 0) is 136 Å². The molecule has 0 spiro atoms. The monoisotopic (exact) mass is 995 g/mol. The summed E-state index contributed by atoms with van der Waals surface area (Å²) in [5, 5.41) is 7.53. The third-order valence-corrected chi connectivity index (χ3v) is 17.4. The predicted molar refractivity (Wildman–Crippen MR) is 328 cm³/mol. The van der Waals surface area contributed by atoms with Gasteiger partial charge in [0.05, 0.1) is 11.1 Å². The fraction of sp³-hybridized carbons (Fsp3) is 0.0133. The van der Waals surface area contributed by atoms with Crippen LogP contribution in [0.25, 0.3) is 97.4 Å². The standard InChI is InChI=1S/C75H49NS/c1-3-21-57(22-4-1)75(58-23-5-2-6-24-58)69-31-13-11-27-65(69)66-46-41-56(49-70(66)75)52-39-44-60(45-40-52)76(59-42-37-51(38-43-59)50-33-35-55(36-34-50)62-29-15-19-53-17-7-9-25-61(53)62)71-48-47-67(64-30-16-20-54-18-8-10-26-63(54)64)74-73(71)68-28-12-14-32-72(68)77-74/h1-49H. The second kappa shape index (κ2) is 18.4. The Balaban J connectivity index is 0.873. The van der Waals surface area contributed by atoms with E-state index in [1.165, 1.54) is 120 Å². The first-order valence-corrected chi connectivity index (χ1v) is 27.4.